The topological polar surface area (TPSA) is 158 Å². The van der Waals surface area contributed by atoms with E-state index in [1.807, 2.05) is 30.3 Å². The van der Waals surface area contributed by atoms with Crippen LogP contribution >= 0.6 is 11.3 Å². The highest BCUT2D eigenvalue weighted by Crippen LogP contribution is 2.22. The van der Waals surface area contributed by atoms with Crippen molar-refractivity contribution >= 4 is 38.1 Å². The maximum Gasteiger partial charge on any atom is 0.409 e. The number of thiazole rings is 1. The fraction of sp³-hybridized carbons (Fsp3) is 0.478. The molecular weight excluding hydrogens is 520 g/mol. The summed E-state index contributed by atoms with van der Waals surface area (Å²) in [5.41, 5.74) is 6.41. The Morgan fingerprint density at radius 1 is 1.22 bits per heavy atom. The number of nitrogens with zero attached hydrogens (tertiary/aromatic N) is 4. The minimum absolute atomic E-state index is 0.0102. The molecule has 37 heavy (non-hydrogen) atoms. The lowest BCUT2D eigenvalue weighted by Crippen LogP contribution is -2.51. The summed E-state index contributed by atoms with van der Waals surface area (Å²) in [6.45, 7) is 3.52. The van der Waals surface area contributed by atoms with Gasteiger partial charge in [0, 0.05) is 25.2 Å². The standard InChI is InChI=1S/C23H32N6O6S2/c1-23(2,24)20(30)25-18(14-34-12-16-8-6-5-7-9-16)19-26-27-21-29(19)17(15-36-21)13-35-22(31)28(3)10-11-37(4,32)33/h5-9,15,18H,10-14,24H2,1-4H3,(H,25,30)/t18-/m1/s1. The van der Waals surface area contributed by atoms with Crippen LogP contribution in [0.3, 0.4) is 0 Å². The fourth-order valence-electron chi connectivity index (χ4n) is 3.16. The van der Waals surface area contributed by atoms with Crippen molar-refractivity contribution in [2.24, 2.45) is 5.73 Å². The van der Waals surface area contributed by atoms with E-state index in [2.05, 4.69) is 15.5 Å². The lowest BCUT2D eigenvalue weighted by molar-refractivity contribution is -0.126. The van der Waals surface area contributed by atoms with Gasteiger partial charge in [-0.3, -0.25) is 9.20 Å². The van der Waals surface area contributed by atoms with E-state index in [9.17, 15) is 18.0 Å². The second-order valence-electron chi connectivity index (χ2n) is 9.26. The largest absolute Gasteiger partial charge is 0.443 e. The minimum Gasteiger partial charge on any atom is -0.443 e. The third-order valence-electron chi connectivity index (χ3n) is 5.30. The van der Waals surface area contributed by atoms with Crippen molar-refractivity contribution in [3.63, 3.8) is 0 Å². The SMILES string of the molecule is CN(CCS(C)(=O)=O)C(=O)OCc1csc2nnc([C@@H](COCc3ccccc3)NC(=O)C(C)(C)N)n12. The van der Waals surface area contributed by atoms with E-state index in [4.69, 9.17) is 15.2 Å². The van der Waals surface area contributed by atoms with E-state index in [0.717, 1.165) is 11.8 Å². The number of carbonyl (C=O) groups excluding carboxylic acids is 2. The van der Waals surface area contributed by atoms with Gasteiger partial charge in [0.05, 0.1) is 30.2 Å². The summed E-state index contributed by atoms with van der Waals surface area (Å²) in [4.78, 5) is 26.8. The lowest BCUT2D eigenvalue weighted by atomic mass is 10.1. The Labute approximate surface area is 219 Å². The number of sulfone groups is 1. The van der Waals surface area contributed by atoms with Gasteiger partial charge in [0.25, 0.3) is 0 Å². The van der Waals surface area contributed by atoms with Crippen LogP contribution in [0.5, 0.6) is 0 Å². The number of rotatable bonds is 12. The number of benzene rings is 1. The molecule has 1 aromatic carbocycles. The Kier molecular flexibility index (Phi) is 9.23. The predicted octanol–water partition coefficient (Wildman–Crippen LogP) is 1.52. The van der Waals surface area contributed by atoms with Crippen molar-refractivity contribution in [3.05, 3.63) is 52.8 Å². The first kappa shape index (κ1) is 28.5. The average Bonchev–Trinajstić information content (AvgIpc) is 3.42. The number of hydrogen-bond donors (Lipinski definition) is 2. The first-order valence-electron chi connectivity index (χ1n) is 11.4. The van der Waals surface area contributed by atoms with Crippen LogP contribution in [0.4, 0.5) is 4.79 Å². The Morgan fingerprint density at radius 3 is 2.57 bits per heavy atom. The zero-order chi connectivity index (χ0) is 27.2. The number of amides is 2. The normalized spacial score (nSPS) is 12.9. The van der Waals surface area contributed by atoms with Crippen molar-refractivity contribution in [2.75, 3.05) is 32.2 Å². The van der Waals surface area contributed by atoms with Crippen molar-refractivity contribution in [1.29, 1.82) is 0 Å². The quantitative estimate of drug-likeness (QED) is 0.340. The van der Waals surface area contributed by atoms with E-state index in [1.54, 1.807) is 23.6 Å². The molecule has 0 aliphatic heterocycles. The summed E-state index contributed by atoms with van der Waals surface area (Å²) >= 11 is 1.30. The summed E-state index contributed by atoms with van der Waals surface area (Å²) in [6.07, 6.45) is 0.436. The van der Waals surface area contributed by atoms with Gasteiger partial charge in [-0.25, -0.2) is 13.2 Å². The van der Waals surface area contributed by atoms with E-state index >= 15 is 0 Å². The molecule has 0 bridgehead atoms. The summed E-state index contributed by atoms with van der Waals surface area (Å²) in [7, 11) is -1.75. The number of carbonyl (C=O) groups is 2. The van der Waals surface area contributed by atoms with Gasteiger partial charge >= 0.3 is 6.09 Å². The molecule has 3 N–H and O–H groups in total. The molecule has 0 aliphatic carbocycles. The third kappa shape index (κ3) is 8.21. The summed E-state index contributed by atoms with van der Waals surface area (Å²) in [5.74, 6) is -0.162. The van der Waals surface area contributed by atoms with Crippen LogP contribution in [-0.4, -0.2) is 77.7 Å². The molecule has 12 nitrogen and oxygen atoms in total. The van der Waals surface area contributed by atoms with Crippen LogP contribution in [0.25, 0.3) is 4.96 Å². The lowest BCUT2D eigenvalue weighted by Gasteiger charge is -2.23. The second kappa shape index (κ2) is 12.0. The van der Waals surface area contributed by atoms with Gasteiger partial charge < -0.3 is 25.4 Å². The van der Waals surface area contributed by atoms with Gasteiger partial charge in [-0.15, -0.1) is 21.5 Å². The molecule has 0 spiro atoms. The smallest absolute Gasteiger partial charge is 0.409 e. The average molecular weight is 553 g/mol. The molecule has 2 aromatic heterocycles. The highest BCUT2D eigenvalue weighted by molar-refractivity contribution is 7.90. The Balaban J connectivity index is 1.76. The molecule has 2 amide bonds. The number of hydrogen-bond acceptors (Lipinski definition) is 10. The van der Waals surface area contributed by atoms with Crippen molar-refractivity contribution in [3.8, 4) is 0 Å². The maximum atomic E-state index is 12.7. The monoisotopic (exact) mass is 552 g/mol. The minimum atomic E-state index is -3.22. The van der Waals surface area contributed by atoms with Crippen LogP contribution < -0.4 is 11.1 Å². The zero-order valence-corrected chi connectivity index (χ0v) is 22.8. The van der Waals surface area contributed by atoms with Crippen LogP contribution in [0.2, 0.25) is 0 Å². The van der Waals surface area contributed by atoms with Crippen molar-refractivity contribution < 1.29 is 27.5 Å². The van der Waals surface area contributed by atoms with Gasteiger partial charge in [-0.1, -0.05) is 30.3 Å². The number of ether oxygens (including phenoxy) is 2. The molecule has 2 heterocycles. The number of nitrogens with two attached hydrogens (primary N) is 1. The van der Waals surface area contributed by atoms with Gasteiger partial charge in [0.1, 0.15) is 22.5 Å². The molecule has 3 aromatic rings. The highest BCUT2D eigenvalue weighted by Gasteiger charge is 2.29. The van der Waals surface area contributed by atoms with E-state index in [0.29, 0.717) is 23.1 Å². The number of fused-ring (bicyclic) bond motifs is 1. The Morgan fingerprint density at radius 2 is 1.92 bits per heavy atom. The van der Waals surface area contributed by atoms with E-state index < -0.39 is 33.4 Å². The molecule has 0 fully saturated rings. The molecule has 1 atom stereocenters. The highest BCUT2D eigenvalue weighted by atomic mass is 32.2. The number of nitrogens with one attached hydrogen (secondary N) is 1. The van der Waals surface area contributed by atoms with Crippen molar-refractivity contribution in [1.82, 2.24) is 24.8 Å². The molecule has 0 aliphatic rings. The van der Waals surface area contributed by atoms with E-state index in [-0.39, 0.29) is 25.5 Å². The van der Waals surface area contributed by atoms with Crippen LogP contribution in [-0.2, 0) is 37.3 Å². The molecule has 0 unspecified atom stereocenters. The first-order chi connectivity index (χ1) is 17.3. The Bertz CT molecular complexity index is 1320. The molecule has 0 radical (unpaired) electrons. The molecular formula is C23H32N6O6S2. The van der Waals surface area contributed by atoms with Crippen LogP contribution in [0.1, 0.15) is 37.0 Å². The second-order valence-corrected chi connectivity index (χ2v) is 12.4. The summed E-state index contributed by atoms with van der Waals surface area (Å²) < 4.78 is 35.7. The molecule has 14 heteroatoms. The summed E-state index contributed by atoms with van der Waals surface area (Å²) in [6, 6.07) is 8.92. The van der Waals surface area contributed by atoms with Gasteiger partial charge in [0.2, 0.25) is 10.9 Å². The van der Waals surface area contributed by atoms with Gasteiger partial charge in [0.15, 0.2) is 5.82 Å². The van der Waals surface area contributed by atoms with E-state index in [1.165, 1.54) is 23.3 Å². The molecule has 202 valence electrons. The van der Waals surface area contributed by atoms with Gasteiger partial charge in [-0.05, 0) is 19.4 Å². The van der Waals surface area contributed by atoms with Crippen LogP contribution in [0, 0.1) is 0 Å². The number of aromatic nitrogens is 3. The predicted molar refractivity (Wildman–Crippen MR) is 139 cm³/mol. The molecule has 0 saturated carbocycles. The zero-order valence-electron chi connectivity index (χ0n) is 21.2. The van der Waals surface area contributed by atoms with Gasteiger partial charge in [-0.2, -0.15) is 0 Å². The van der Waals surface area contributed by atoms with Crippen LogP contribution in [0.15, 0.2) is 35.7 Å². The summed E-state index contributed by atoms with van der Waals surface area (Å²) in [5, 5.41) is 13.1. The molecule has 0 saturated heterocycles. The third-order valence-corrected chi connectivity index (χ3v) is 7.09. The molecule has 3 rings (SSSR count). The van der Waals surface area contributed by atoms with Crippen molar-refractivity contribution in [2.45, 2.75) is 38.6 Å². The Hall–Kier alpha value is -3.07. The fourth-order valence-corrected chi connectivity index (χ4v) is 4.58. The first-order valence-corrected chi connectivity index (χ1v) is 14.4. The maximum absolute atomic E-state index is 12.7.